The lowest BCUT2D eigenvalue weighted by atomic mass is 10.2. The average Bonchev–Trinajstić information content (AvgIpc) is 3.22. The molecule has 1 aliphatic carbocycles. The van der Waals surface area contributed by atoms with Gasteiger partial charge in [-0.25, -0.2) is 4.98 Å². The molecule has 1 saturated carbocycles. The maximum atomic E-state index is 11.4. The van der Waals surface area contributed by atoms with E-state index < -0.39 is 0 Å². The number of aromatic amines is 1. The summed E-state index contributed by atoms with van der Waals surface area (Å²) in [5, 5.41) is 6.72. The Balaban J connectivity index is 1.62. The summed E-state index contributed by atoms with van der Waals surface area (Å²) in [6.45, 7) is 4.20. The van der Waals surface area contributed by atoms with Crippen molar-refractivity contribution in [1.29, 1.82) is 0 Å². The van der Waals surface area contributed by atoms with Gasteiger partial charge in [-0.05, 0) is 19.3 Å². The molecule has 0 aromatic carbocycles. The van der Waals surface area contributed by atoms with E-state index in [9.17, 15) is 4.79 Å². The first-order chi connectivity index (χ1) is 9.70. The summed E-state index contributed by atoms with van der Waals surface area (Å²) < 4.78 is 0. The van der Waals surface area contributed by atoms with Crippen molar-refractivity contribution in [3.8, 4) is 0 Å². The summed E-state index contributed by atoms with van der Waals surface area (Å²) in [4.78, 5) is 19.0. The van der Waals surface area contributed by atoms with Gasteiger partial charge in [-0.2, -0.15) is 0 Å². The molecule has 0 radical (unpaired) electrons. The fourth-order valence-corrected chi connectivity index (χ4v) is 2.21. The molecule has 2 rings (SSSR count). The molecule has 6 heteroatoms. The zero-order valence-corrected chi connectivity index (χ0v) is 12.7. The molecule has 1 aliphatic rings. The topological polar surface area (TPSA) is 69.8 Å². The van der Waals surface area contributed by atoms with E-state index >= 15 is 0 Å². The van der Waals surface area contributed by atoms with Crippen LogP contribution < -0.4 is 10.6 Å². The number of carbonyl (C=O) groups excluding carboxylic acids is 1. The third kappa shape index (κ3) is 4.80. The first-order valence-corrected chi connectivity index (χ1v) is 7.80. The lowest BCUT2D eigenvalue weighted by molar-refractivity contribution is -0.122. The van der Waals surface area contributed by atoms with Gasteiger partial charge < -0.3 is 15.6 Å². The Morgan fingerprint density at radius 2 is 2.25 bits per heavy atom. The minimum Gasteiger partial charge on any atom is -0.355 e. The van der Waals surface area contributed by atoms with Crippen LogP contribution in [0, 0.1) is 5.92 Å². The normalized spacial score (nSPS) is 14.5. The van der Waals surface area contributed by atoms with Crippen molar-refractivity contribution >= 4 is 17.5 Å². The van der Waals surface area contributed by atoms with Gasteiger partial charge in [-0.3, -0.25) is 4.79 Å². The van der Waals surface area contributed by atoms with E-state index in [1.807, 2.05) is 0 Å². The first-order valence-electron chi connectivity index (χ1n) is 7.42. The molecule has 1 aromatic rings. The molecule has 1 amide bonds. The number of hydrogen-bond acceptors (Lipinski definition) is 3. The number of H-pyrrole nitrogens is 1. The van der Waals surface area contributed by atoms with Gasteiger partial charge in [-0.1, -0.05) is 24.9 Å². The number of unbranched alkanes of at least 4 members (excludes halogenated alkanes) is 1. The molecule has 1 fully saturated rings. The van der Waals surface area contributed by atoms with Gasteiger partial charge in [-0.15, -0.1) is 0 Å². The number of imidazole rings is 1. The number of nitrogens with one attached hydrogen (secondary N) is 3. The van der Waals surface area contributed by atoms with Gasteiger partial charge in [0.25, 0.3) is 0 Å². The third-order valence-electron chi connectivity index (χ3n) is 3.40. The Hall–Kier alpha value is -1.07. The van der Waals surface area contributed by atoms with Gasteiger partial charge in [0.15, 0.2) is 5.15 Å². The maximum Gasteiger partial charge on any atom is 0.223 e. The van der Waals surface area contributed by atoms with Crippen molar-refractivity contribution in [2.75, 3.05) is 13.1 Å². The molecule has 0 saturated heterocycles. The van der Waals surface area contributed by atoms with Gasteiger partial charge >= 0.3 is 0 Å². The second kappa shape index (κ2) is 7.64. The van der Waals surface area contributed by atoms with Crippen molar-refractivity contribution in [1.82, 2.24) is 20.6 Å². The second-order valence-electron chi connectivity index (χ2n) is 5.30. The Morgan fingerprint density at radius 1 is 1.45 bits per heavy atom. The molecule has 1 heterocycles. The lowest BCUT2D eigenvalue weighted by Crippen LogP contribution is -2.32. The van der Waals surface area contributed by atoms with Crippen LogP contribution in [-0.2, 0) is 17.8 Å². The van der Waals surface area contributed by atoms with Crippen molar-refractivity contribution < 1.29 is 4.79 Å². The summed E-state index contributed by atoms with van der Waals surface area (Å²) in [7, 11) is 0. The zero-order valence-electron chi connectivity index (χ0n) is 12.0. The van der Waals surface area contributed by atoms with Crippen LogP contribution in [0.3, 0.4) is 0 Å². The van der Waals surface area contributed by atoms with Crippen LogP contribution in [0.15, 0.2) is 0 Å². The SMILES string of the molecule is CCCCc1nc(Cl)c(CNCCNC(=O)C2CC2)[nH]1. The highest BCUT2D eigenvalue weighted by atomic mass is 35.5. The van der Waals surface area contributed by atoms with Crippen LogP contribution >= 0.6 is 11.6 Å². The highest BCUT2D eigenvalue weighted by Gasteiger charge is 2.28. The van der Waals surface area contributed by atoms with Crippen molar-refractivity contribution in [2.24, 2.45) is 5.92 Å². The molecule has 5 nitrogen and oxygen atoms in total. The first kappa shape index (κ1) is 15.3. The number of nitrogens with zero attached hydrogens (tertiary/aromatic N) is 1. The number of rotatable bonds is 9. The zero-order chi connectivity index (χ0) is 14.4. The van der Waals surface area contributed by atoms with Gasteiger partial charge in [0.1, 0.15) is 5.82 Å². The molecular weight excluding hydrogens is 276 g/mol. The minimum atomic E-state index is 0.188. The standard InChI is InChI=1S/C14H23ClN4O/c1-2-3-4-12-18-11(13(15)19-12)9-16-7-8-17-14(20)10-5-6-10/h10,16H,2-9H2,1H3,(H,17,20)(H,18,19). The Morgan fingerprint density at radius 3 is 2.95 bits per heavy atom. The monoisotopic (exact) mass is 298 g/mol. The summed E-state index contributed by atoms with van der Waals surface area (Å²) in [6.07, 6.45) is 5.29. The Kier molecular flexibility index (Phi) is 5.86. The van der Waals surface area contributed by atoms with E-state index in [-0.39, 0.29) is 11.8 Å². The predicted molar refractivity (Wildman–Crippen MR) is 79.7 cm³/mol. The van der Waals surface area contributed by atoms with Crippen LogP contribution in [0.4, 0.5) is 0 Å². The van der Waals surface area contributed by atoms with Crippen LogP contribution in [0.25, 0.3) is 0 Å². The highest BCUT2D eigenvalue weighted by molar-refractivity contribution is 6.30. The van der Waals surface area contributed by atoms with Crippen molar-refractivity contribution in [2.45, 2.75) is 45.6 Å². The van der Waals surface area contributed by atoms with E-state index in [2.05, 4.69) is 27.5 Å². The van der Waals surface area contributed by atoms with Crippen LogP contribution in [0.1, 0.15) is 44.1 Å². The molecule has 20 heavy (non-hydrogen) atoms. The molecule has 0 unspecified atom stereocenters. The lowest BCUT2D eigenvalue weighted by Gasteiger charge is -2.05. The fraction of sp³-hybridized carbons (Fsp3) is 0.714. The molecule has 0 atom stereocenters. The number of amides is 1. The molecule has 1 aromatic heterocycles. The largest absolute Gasteiger partial charge is 0.355 e. The number of aryl methyl sites for hydroxylation is 1. The van der Waals surface area contributed by atoms with E-state index in [1.165, 1.54) is 0 Å². The highest BCUT2D eigenvalue weighted by Crippen LogP contribution is 2.28. The second-order valence-corrected chi connectivity index (χ2v) is 5.66. The summed E-state index contributed by atoms with van der Waals surface area (Å²) in [5.41, 5.74) is 0.922. The third-order valence-corrected chi connectivity index (χ3v) is 3.71. The van der Waals surface area contributed by atoms with E-state index in [4.69, 9.17) is 11.6 Å². The Bertz CT molecular complexity index is 442. The molecular formula is C14H23ClN4O. The van der Waals surface area contributed by atoms with Gasteiger partial charge in [0.2, 0.25) is 5.91 Å². The fourth-order valence-electron chi connectivity index (χ4n) is 2.00. The van der Waals surface area contributed by atoms with Gasteiger partial charge in [0, 0.05) is 32.0 Å². The van der Waals surface area contributed by atoms with Crippen LogP contribution in [-0.4, -0.2) is 29.0 Å². The minimum absolute atomic E-state index is 0.188. The quantitative estimate of drug-likeness (QED) is 0.611. The van der Waals surface area contributed by atoms with Crippen LogP contribution in [0.5, 0.6) is 0 Å². The average molecular weight is 299 g/mol. The molecule has 0 bridgehead atoms. The number of hydrogen-bond donors (Lipinski definition) is 3. The van der Waals surface area contributed by atoms with E-state index in [1.54, 1.807) is 0 Å². The summed E-state index contributed by atoms with van der Waals surface area (Å²) in [5.74, 6) is 1.42. The molecule has 112 valence electrons. The van der Waals surface area contributed by atoms with E-state index in [0.29, 0.717) is 18.2 Å². The van der Waals surface area contributed by atoms with Crippen molar-refractivity contribution in [3.05, 3.63) is 16.7 Å². The smallest absolute Gasteiger partial charge is 0.223 e. The van der Waals surface area contributed by atoms with Gasteiger partial charge in [0.05, 0.1) is 5.69 Å². The molecule has 0 spiro atoms. The summed E-state index contributed by atoms with van der Waals surface area (Å²) >= 11 is 6.08. The molecule has 0 aliphatic heterocycles. The van der Waals surface area contributed by atoms with Crippen molar-refractivity contribution in [3.63, 3.8) is 0 Å². The van der Waals surface area contributed by atoms with E-state index in [0.717, 1.165) is 50.2 Å². The Labute approximate surface area is 124 Å². The number of halogens is 1. The summed E-state index contributed by atoms with van der Waals surface area (Å²) in [6, 6.07) is 0. The maximum absolute atomic E-state index is 11.4. The predicted octanol–water partition coefficient (Wildman–Crippen LogP) is 2.02. The number of aromatic nitrogens is 2. The van der Waals surface area contributed by atoms with Crippen LogP contribution in [0.2, 0.25) is 5.15 Å². The number of carbonyl (C=O) groups is 1. The molecule has 3 N–H and O–H groups in total.